The zero-order valence-electron chi connectivity index (χ0n) is 20.9. The van der Waals surface area contributed by atoms with Gasteiger partial charge in [0, 0.05) is 53.9 Å². The first-order valence-corrected chi connectivity index (χ1v) is 14.5. The second kappa shape index (κ2) is 10.7. The number of rotatable bonds is 6. The Morgan fingerprint density at radius 2 is 1.46 bits per heavy atom. The van der Waals surface area contributed by atoms with Crippen LogP contribution in [-0.2, 0) is 16.4 Å². The zero-order valence-corrected chi connectivity index (χ0v) is 23.3. The third-order valence-electron chi connectivity index (χ3n) is 6.72. The maximum atomic E-state index is 13.2. The van der Waals surface area contributed by atoms with Crippen molar-refractivity contribution in [3.8, 4) is 11.4 Å². The second-order valence-corrected chi connectivity index (χ2v) is 12.2. The lowest BCUT2D eigenvalue weighted by molar-refractivity contribution is 0.383. The van der Waals surface area contributed by atoms with Crippen molar-refractivity contribution in [1.29, 1.82) is 0 Å². The normalized spacial score (nSPS) is 14.6. The Morgan fingerprint density at radius 1 is 0.811 bits per heavy atom. The summed E-state index contributed by atoms with van der Waals surface area (Å²) in [6.07, 6.45) is 0.716. The minimum absolute atomic E-state index is 0.313. The number of hydrogen-bond donors (Lipinski definition) is 0. The van der Waals surface area contributed by atoms with E-state index in [4.69, 9.17) is 9.97 Å². The molecule has 2 heterocycles. The fraction of sp³-hybridized carbons (Fsp3) is 0.241. The fourth-order valence-electron chi connectivity index (χ4n) is 4.58. The van der Waals surface area contributed by atoms with Gasteiger partial charge in [0.1, 0.15) is 5.82 Å². The summed E-state index contributed by atoms with van der Waals surface area (Å²) < 4.78 is 28.9. The predicted octanol–water partition coefficient (Wildman–Crippen LogP) is 5.62. The summed E-state index contributed by atoms with van der Waals surface area (Å²) in [6.45, 7) is 6.00. The SMILES string of the molecule is Cc1ccc(-c2nc(C)c(Cc3ccccc3)c(N3CCN(S(=O)(=O)c4ccc(Br)cc4)CC3)n2)cc1. The van der Waals surface area contributed by atoms with Gasteiger partial charge in [-0.25, -0.2) is 18.4 Å². The van der Waals surface area contributed by atoms with E-state index in [1.807, 2.05) is 37.3 Å². The highest BCUT2D eigenvalue weighted by molar-refractivity contribution is 9.10. The predicted molar refractivity (Wildman–Crippen MR) is 151 cm³/mol. The molecule has 1 saturated heterocycles. The average Bonchev–Trinajstić information content (AvgIpc) is 2.91. The smallest absolute Gasteiger partial charge is 0.243 e. The van der Waals surface area contributed by atoms with Crippen molar-refractivity contribution in [1.82, 2.24) is 14.3 Å². The van der Waals surface area contributed by atoms with Gasteiger partial charge in [0.25, 0.3) is 0 Å². The van der Waals surface area contributed by atoms with Crippen LogP contribution in [0.3, 0.4) is 0 Å². The Bertz CT molecular complexity index is 1480. The summed E-state index contributed by atoms with van der Waals surface area (Å²) in [5.41, 5.74) is 5.36. The van der Waals surface area contributed by atoms with Crippen molar-refractivity contribution < 1.29 is 8.42 Å². The quantitative estimate of drug-likeness (QED) is 0.298. The summed E-state index contributed by atoms with van der Waals surface area (Å²) >= 11 is 3.38. The van der Waals surface area contributed by atoms with Crippen LogP contribution in [-0.4, -0.2) is 48.9 Å². The summed E-state index contributed by atoms with van der Waals surface area (Å²) in [4.78, 5) is 12.4. The van der Waals surface area contributed by atoms with E-state index in [0.717, 1.165) is 27.1 Å². The molecule has 0 aliphatic carbocycles. The number of benzene rings is 3. The number of anilines is 1. The van der Waals surface area contributed by atoms with Crippen LogP contribution in [0.4, 0.5) is 5.82 Å². The standard InChI is InChI=1S/C29H29BrN4O2S/c1-21-8-10-24(11-9-21)28-31-22(2)27(20-23-6-4-3-5-7-23)29(32-28)33-16-18-34(19-17-33)37(35,36)26-14-12-25(30)13-15-26/h3-15H,16-20H2,1-2H3. The third-order valence-corrected chi connectivity index (χ3v) is 9.16. The van der Waals surface area contributed by atoms with E-state index in [2.05, 4.69) is 52.0 Å². The van der Waals surface area contributed by atoms with Gasteiger partial charge in [0.05, 0.1) is 4.90 Å². The van der Waals surface area contributed by atoms with Crippen molar-refractivity contribution in [2.45, 2.75) is 25.2 Å². The van der Waals surface area contributed by atoms with Crippen LogP contribution in [0.15, 0.2) is 88.2 Å². The van der Waals surface area contributed by atoms with Crippen LogP contribution >= 0.6 is 15.9 Å². The first kappa shape index (κ1) is 25.6. The molecule has 0 saturated carbocycles. The van der Waals surface area contributed by atoms with Crippen LogP contribution in [0.2, 0.25) is 0 Å². The Morgan fingerprint density at radius 3 is 2.11 bits per heavy atom. The topological polar surface area (TPSA) is 66.4 Å². The highest BCUT2D eigenvalue weighted by atomic mass is 79.9. The lowest BCUT2D eigenvalue weighted by Crippen LogP contribution is -2.49. The van der Waals surface area contributed by atoms with E-state index in [1.165, 1.54) is 11.1 Å². The minimum atomic E-state index is -3.55. The fourth-order valence-corrected chi connectivity index (χ4v) is 6.26. The van der Waals surface area contributed by atoms with E-state index in [-0.39, 0.29) is 0 Å². The minimum Gasteiger partial charge on any atom is -0.354 e. The monoisotopic (exact) mass is 576 g/mol. The van der Waals surface area contributed by atoms with Gasteiger partial charge in [-0.05, 0) is 43.7 Å². The molecule has 1 aromatic heterocycles. The maximum absolute atomic E-state index is 13.2. The molecule has 1 aliphatic rings. The Balaban J connectivity index is 1.46. The molecule has 0 N–H and O–H groups in total. The molecule has 3 aromatic carbocycles. The Labute approximate surface area is 227 Å². The van der Waals surface area contributed by atoms with Crippen LogP contribution < -0.4 is 4.90 Å². The largest absolute Gasteiger partial charge is 0.354 e. The Kier molecular flexibility index (Phi) is 7.42. The molecule has 1 fully saturated rings. The number of aryl methyl sites for hydroxylation is 2. The second-order valence-electron chi connectivity index (χ2n) is 9.31. The molecule has 0 unspecified atom stereocenters. The number of hydrogen-bond acceptors (Lipinski definition) is 5. The van der Waals surface area contributed by atoms with Crippen molar-refractivity contribution in [3.63, 3.8) is 0 Å². The molecule has 190 valence electrons. The average molecular weight is 578 g/mol. The molecule has 4 aromatic rings. The van der Waals surface area contributed by atoms with Gasteiger partial charge in [-0.15, -0.1) is 0 Å². The van der Waals surface area contributed by atoms with Gasteiger partial charge >= 0.3 is 0 Å². The number of piperazine rings is 1. The van der Waals surface area contributed by atoms with Gasteiger partial charge in [0.2, 0.25) is 10.0 Å². The summed E-state index contributed by atoms with van der Waals surface area (Å²) in [5, 5.41) is 0. The molecule has 8 heteroatoms. The molecule has 0 amide bonds. The molecule has 5 rings (SSSR count). The van der Waals surface area contributed by atoms with Gasteiger partial charge in [-0.2, -0.15) is 4.31 Å². The number of sulfonamides is 1. The van der Waals surface area contributed by atoms with Crippen LogP contribution in [0, 0.1) is 13.8 Å². The number of nitrogens with zero attached hydrogens (tertiary/aromatic N) is 4. The first-order chi connectivity index (χ1) is 17.8. The summed E-state index contributed by atoms with van der Waals surface area (Å²) in [6, 6.07) is 25.4. The van der Waals surface area contributed by atoms with E-state index in [0.29, 0.717) is 43.3 Å². The molecule has 0 atom stereocenters. The molecular weight excluding hydrogens is 548 g/mol. The number of aromatic nitrogens is 2. The van der Waals surface area contributed by atoms with Crippen LogP contribution in [0.25, 0.3) is 11.4 Å². The molecule has 37 heavy (non-hydrogen) atoms. The lowest BCUT2D eigenvalue weighted by Gasteiger charge is -2.36. The van der Waals surface area contributed by atoms with Crippen molar-refractivity contribution in [2.75, 3.05) is 31.1 Å². The molecule has 6 nitrogen and oxygen atoms in total. The first-order valence-electron chi connectivity index (χ1n) is 12.3. The molecule has 1 aliphatic heterocycles. The van der Waals surface area contributed by atoms with Crippen molar-refractivity contribution in [3.05, 3.63) is 106 Å². The van der Waals surface area contributed by atoms with Gasteiger partial charge in [0.15, 0.2) is 5.82 Å². The zero-order chi connectivity index (χ0) is 26.0. The van der Waals surface area contributed by atoms with Gasteiger partial charge < -0.3 is 4.90 Å². The van der Waals surface area contributed by atoms with Crippen LogP contribution in [0.1, 0.15) is 22.4 Å². The van der Waals surface area contributed by atoms with E-state index < -0.39 is 10.0 Å². The van der Waals surface area contributed by atoms with Crippen LogP contribution in [0.5, 0.6) is 0 Å². The molecule has 0 radical (unpaired) electrons. The highest BCUT2D eigenvalue weighted by Gasteiger charge is 2.30. The Hall–Kier alpha value is -3.07. The van der Waals surface area contributed by atoms with Gasteiger partial charge in [-0.1, -0.05) is 76.1 Å². The maximum Gasteiger partial charge on any atom is 0.243 e. The third kappa shape index (κ3) is 5.61. The van der Waals surface area contributed by atoms with E-state index >= 15 is 0 Å². The molecular formula is C29H29BrN4O2S. The molecule has 0 bridgehead atoms. The summed E-state index contributed by atoms with van der Waals surface area (Å²) in [5.74, 6) is 1.57. The van der Waals surface area contributed by atoms with E-state index in [9.17, 15) is 8.42 Å². The molecule has 0 spiro atoms. The highest BCUT2D eigenvalue weighted by Crippen LogP contribution is 2.29. The van der Waals surface area contributed by atoms with E-state index in [1.54, 1.807) is 28.6 Å². The lowest BCUT2D eigenvalue weighted by atomic mass is 10.0. The number of halogens is 1. The van der Waals surface area contributed by atoms with Crippen molar-refractivity contribution in [2.24, 2.45) is 0 Å². The summed E-state index contributed by atoms with van der Waals surface area (Å²) in [7, 11) is -3.55. The van der Waals surface area contributed by atoms with Gasteiger partial charge in [-0.3, -0.25) is 0 Å². The van der Waals surface area contributed by atoms with Crippen molar-refractivity contribution >= 4 is 31.8 Å².